The molecule has 1 aliphatic carbocycles. The fraction of sp³-hybridized carbons (Fsp3) is 0.750. The van der Waals surface area contributed by atoms with E-state index in [9.17, 15) is 0 Å². The van der Waals surface area contributed by atoms with Crippen molar-refractivity contribution in [2.75, 3.05) is 12.3 Å². The van der Waals surface area contributed by atoms with Crippen LogP contribution in [0.1, 0.15) is 32.6 Å². The summed E-state index contributed by atoms with van der Waals surface area (Å²) in [6, 6.07) is 0.682. The third kappa shape index (κ3) is 3.47. The monoisotopic (exact) mass is 256 g/mol. The summed E-state index contributed by atoms with van der Waals surface area (Å²) in [5.41, 5.74) is 0. The molecule has 0 aromatic carbocycles. The topological polar surface area (TPSA) is 24.9 Å². The van der Waals surface area contributed by atoms with Gasteiger partial charge < -0.3 is 5.32 Å². The zero-order chi connectivity index (χ0) is 11.2. The Hall–Kier alpha value is -0.0600. The molecule has 0 spiro atoms. The van der Waals surface area contributed by atoms with Crippen LogP contribution in [-0.2, 0) is 0 Å². The quantitative estimate of drug-likeness (QED) is 0.790. The van der Waals surface area contributed by atoms with E-state index in [0.29, 0.717) is 6.04 Å². The number of hydrogen-bond acceptors (Lipinski definition) is 4. The zero-order valence-electron chi connectivity index (χ0n) is 9.82. The van der Waals surface area contributed by atoms with Gasteiger partial charge in [-0.1, -0.05) is 31.5 Å². The van der Waals surface area contributed by atoms with Crippen LogP contribution in [0.2, 0.25) is 0 Å². The van der Waals surface area contributed by atoms with Gasteiger partial charge in [0.05, 0.1) is 0 Å². The molecule has 1 aromatic heterocycles. The van der Waals surface area contributed by atoms with Gasteiger partial charge in [0.2, 0.25) is 0 Å². The third-order valence-electron chi connectivity index (χ3n) is 3.23. The number of hydrogen-bond donors (Lipinski definition) is 1. The van der Waals surface area contributed by atoms with Crippen molar-refractivity contribution in [3.8, 4) is 0 Å². The van der Waals surface area contributed by atoms with Crippen molar-refractivity contribution in [2.45, 2.75) is 43.0 Å². The van der Waals surface area contributed by atoms with Crippen molar-refractivity contribution in [3.63, 3.8) is 0 Å². The van der Waals surface area contributed by atoms with E-state index >= 15 is 0 Å². The van der Waals surface area contributed by atoms with Gasteiger partial charge in [0.1, 0.15) is 4.34 Å². The molecule has 0 saturated heterocycles. The highest BCUT2D eigenvalue weighted by molar-refractivity contribution is 8.01. The lowest BCUT2D eigenvalue weighted by Gasteiger charge is -2.23. The summed E-state index contributed by atoms with van der Waals surface area (Å²) in [6.07, 6.45) is 7.57. The van der Waals surface area contributed by atoms with Crippen LogP contribution in [0.25, 0.3) is 0 Å². The first-order chi connectivity index (χ1) is 7.90. The van der Waals surface area contributed by atoms with Gasteiger partial charge >= 0.3 is 0 Å². The zero-order valence-corrected chi connectivity index (χ0v) is 11.4. The van der Waals surface area contributed by atoms with Crippen molar-refractivity contribution in [1.29, 1.82) is 0 Å². The highest BCUT2D eigenvalue weighted by atomic mass is 32.2. The minimum absolute atomic E-state index is 0.682. The Labute approximate surface area is 106 Å². The highest BCUT2D eigenvalue weighted by Crippen LogP contribution is 2.31. The molecule has 0 amide bonds. The lowest BCUT2D eigenvalue weighted by atomic mass is 10.00. The van der Waals surface area contributed by atoms with Gasteiger partial charge in [0, 0.05) is 23.4 Å². The normalized spacial score (nSPS) is 19.1. The molecule has 1 N–H and O–H groups in total. The summed E-state index contributed by atoms with van der Waals surface area (Å²) < 4.78 is 1.21. The molecule has 16 heavy (non-hydrogen) atoms. The average molecular weight is 256 g/mol. The first kappa shape index (κ1) is 12.4. The van der Waals surface area contributed by atoms with E-state index in [1.54, 1.807) is 11.3 Å². The average Bonchev–Trinajstić information content (AvgIpc) is 2.96. The van der Waals surface area contributed by atoms with Gasteiger partial charge in [-0.3, -0.25) is 0 Å². The first-order valence-electron chi connectivity index (χ1n) is 6.16. The molecule has 2 rings (SSSR count). The van der Waals surface area contributed by atoms with Crippen LogP contribution in [0.4, 0.5) is 0 Å². The Bertz CT molecular complexity index is 281. The predicted molar refractivity (Wildman–Crippen MR) is 72.3 cm³/mol. The first-order valence-corrected chi connectivity index (χ1v) is 8.02. The van der Waals surface area contributed by atoms with E-state index in [0.717, 1.165) is 12.5 Å². The largest absolute Gasteiger partial charge is 0.313 e. The lowest BCUT2D eigenvalue weighted by Crippen LogP contribution is -2.37. The summed E-state index contributed by atoms with van der Waals surface area (Å²) in [7, 11) is 0. The summed E-state index contributed by atoms with van der Waals surface area (Å²) in [4.78, 5) is 4.33. The SMILES string of the molecule is CCNC(CSc1nccs1)C1CCCC1. The predicted octanol–water partition coefficient (Wildman–Crippen LogP) is 3.40. The van der Waals surface area contributed by atoms with Crippen LogP contribution in [-0.4, -0.2) is 23.3 Å². The fourth-order valence-corrected chi connectivity index (χ4v) is 4.28. The Morgan fingerprint density at radius 2 is 2.38 bits per heavy atom. The van der Waals surface area contributed by atoms with Gasteiger partial charge in [-0.25, -0.2) is 4.98 Å². The number of aromatic nitrogens is 1. The van der Waals surface area contributed by atoms with Crippen molar-refractivity contribution < 1.29 is 0 Å². The second kappa shape index (κ2) is 6.62. The Kier molecular flexibility index (Phi) is 5.13. The van der Waals surface area contributed by atoms with Crippen molar-refractivity contribution in [2.24, 2.45) is 5.92 Å². The molecule has 90 valence electrons. The molecule has 1 saturated carbocycles. The summed E-state index contributed by atoms with van der Waals surface area (Å²) in [5.74, 6) is 2.07. The Morgan fingerprint density at radius 1 is 1.56 bits per heavy atom. The molecular weight excluding hydrogens is 236 g/mol. The maximum Gasteiger partial charge on any atom is 0.149 e. The summed E-state index contributed by atoms with van der Waals surface area (Å²) >= 11 is 3.66. The molecule has 1 heterocycles. The van der Waals surface area contributed by atoms with Crippen LogP contribution in [0.15, 0.2) is 15.9 Å². The standard InChI is InChI=1S/C12H20N2S2/c1-2-13-11(10-5-3-4-6-10)9-16-12-14-7-8-15-12/h7-8,10-11,13H,2-6,9H2,1H3. The summed E-state index contributed by atoms with van der Waals surface area (Å²) in [5, 5.41) is 5.70. The van der Waals surface area contributed by atoms with E-state index in [1.807, 2.05) is 18.0 Å². The highest BCUT2D eigenvalue weighted by Gasteiger charge is 2.24. The molecule has 0 bridgehead atoms. The van der Waals surface area contributed by atoms with Crippen LogP contribution < -0.4 is 5.32 Å². The smallest absolute Gasteiger partial charge is 0.149 e. The van der Waals surface area contributed by atoms with Crippen LogP contribution in [0.5, 0.6) is 0 Å². The molecule has 4 heteroatoms. The second-order valence-electron chi connectivity index (χ2n) is 4.32. The molecule has 1 aromatic rings. The van der Waals surface area contributed by atoms with Gasteiger partial charge in [0.15, 0.2) is 0 Å². The maximum absolute atomic E-state index is 4.33. The van der Waals surface area contributed by atoms with Gasteiger partial charge in [0.25, 0.3) is 0 Å². The summed E-state index contributed by atoms with van der Waals surface area (Å²) in [6.45, 7) is 3.29. The number of nitrogens with one attached hydrogen (secondary N) is 1. The van der Waals surface area contributed by atoms with E-state index in [4.69, 9.17) is 0 Å². The minimum atomic E-state index is 0.682. The van der Waals surface area contributed by atoms with E-state index < -0.39 is 0 Å². The Morgan fingerprint density at radius 3 is 3.00 bits per heavy atom. The minimum Gasteiger partial charge on any atom is -0.313 e. The number of rotatable bonds is 6. The maximum atomic E-state index is 4.33. The van der Waals surface area contributed by atoms with E-state index in [-0.39, 0.29) is 0 Å². The number of nitrogens with zero attached hydrogens (tertiary/aromatic N) is 1. The third-order valence-corrected chi connectivity index (χ3v) is 5.32. The molecule has 0 radical (unpaired) electrons. The molecule has 2 nitrogen and oxygen atoms in total. The van der Waals surface area contributed by atoms with Gasteiger partial charge in [-0.15, -0.1) is 11.3 Å². The van der Waals surface area contributed by atoms with Gasteiger partial charge in [-0.2, -0.15) is 0 Å². The van der Waals surface area contributed by atoms with Gasteiger partial charge in [-0.05, 0) is 25.3 Å². The van der Waals surface area contributed by atoms with Crippen LogP contribution >= 0.6 is 23.1 Å². The number of thioether (sulfide) groups is 1. The van der Waals surface area contributed by atoms with Crippen LogP contribution in [0, 0.1) is 5.92 Å². The second-order valence-corrected chi connectivity index (χ2v) is 6.48. The lowest BCUT2D eigenvalue weighted by molar-refractivity contribution is 0.394. The fourth-order valence-electron chi connectivity index (χ4n) is 2.43. The van der Waals surface area contributed by atoms with Crippen molar-refractivity contribution in [1.82, 2.24) is 10.3 Å². The molecular formula is C12H20N2S2. The molecule has 1 unspecified atom stereocenters. The van der Waals surface area contributed by atoms with E-state index in [2.05, 4.69) is 22.6 Å². The molecule has 1 fully saturated rings. The van der Waals surface area contributed by atoms with Crippen molar-refractivity contribution in [3.05, 3.63) is 11.6 Å². The molecule has 1 atom stereocenters. The van der Waals surface area contributed by atoms with Crippen LogP contribution in [0.3, 0.4) is 0 Å². The Balaban J connectivity index is 1.82. The van der Waals surface area contributed by atoms with E-state index in [1.165, 1.54) is 35.8 Å². The molecule has 1 aliphatic rings. The molecule has 0 aliphatic heterocycles. The van der Waals surface area contributed by atoms with Crippen molar-refractivity contribution >= 4 is 23.1 Å². The number of thiazole rings is 1.